The minimum absolute atomic E-state index is 0.0318. The highest BCUT2D eigenvalue weighted by atomic mass is 19.1. The molecule has 4 nitrogen and oxygen atoms in total. The van der Waals surface area contributed by atoms with Gasteiger partial charge in [-0.15, -0.1) is 0 Å². The molecule has 0 saturated carbocycles. The number of carboxylic acid groups (broad SMARTS) is 1. The van der Waals surface area contributed by atoms with Crippen LogP contribution >= 0.6 is 0 Å². The molecule has 0 radical (unpaired) electrons. The molecule has 0 amide bonds. The maximum atomic E-state index is 13.0. The van der Waals surface area contributed by atoms with E-state index >= 15 is 0 Å². The van der Waals surface area contributed by atoms with Crippen LogP contribution in [-0.4, -0.2) is 17.6 Å². The van der Waals surface area contributed by atoms with Crippen LogP contribution < -0.4 is 4.90 Å². The Morgan fingerprint density at radius 3 is 2.45 bits per heavy atom. The van der Waals surface area contributed by atoms with Gasteiger partial charge >= 0.3 is 5.97 Å². The molecule has 1 N–H and O–H groups in total. The molecule has 0 fully saturated rings. The molecule has 0 heterocycles. The minimum Gasteiger partial charge on any atom is -0.478 e. The fraction of sp³-hybridized carbons (Fsp3) is 0.0667. The maximum Gasteiger partial charge on any atom is 0.337 e. The molecule has 20 heavy (non-hydrogen) atoms. The van der Waals surface area contributed by atoms with Gasteiger partial charge in [-0.25, -0.2) is 9.18 Å². The van der Waals surface area contributed by atoms with E-state index in [2.05, 4.69) is 0 Å². The third-order valence-electron chi connectivity index (χ3n) is 2.79. The normalized spacial score (nSPS) is 9.80. The van der Waals surface area contributed by atoms with Crippen LogP contribution in [0.3, 0.4) is 0 Å². The number of rotatable bonds is 4. The fourth-order valence-corrected chi connectivity index (χ4v) is 1.90. The Labute approximate surface area is 115 Å². The van der Waals surface area contributed by atoms with Gasteiger partial charge in [0.25, 0.3) is 0 Å². The first-order chi connectivity index (χ1) is 9.63. The zero-order valence-electron chi connectivity index (χ0n) is 10.5. The standard InChI is InChI=1S/C15H11FN2O2/c16-11-5-7-12(8-6-11)18(10-9-17)14-4-2-1-3-13(14)15(19)20/h1-8H,10H2,(H,19,20). The van der Waals surface area contributed by atoms with Crippen molar-refractivity contribution in [3.05, 3.63) is 59.9 Å². The monoisotopic (exact) mass is 270 g/mol. The van der Waals surface area contributed by atoms with E-state index in [4.69, 9.17) is 5.26 Å². The molecule has 0 saturated heterocycles. The van der Waals surface area contributed by atoms with Crippen molar-refractivity contribution >= 4 is 17.3 Å². The topological polar surface area (TPSA) is 64.3 Å². The number of hydrogen-bond acceptors (Lipinski definition) is 3. The number of halogens is 1. The number of carboxylic acids is 1. The summed E-state index contributed by atoms with van der Waals surface area (Å²) in [7, 11) is 0. The lowest BCUT2D eigenvalue weighted by Gasteiger charge is -2.23. The van der Waals surface area contributed by atoms with E-state index in [9.17, 15) is 14.3 Å². The van der Waals surface area contributed by atoms with E-state index in [-0.39, 0.29) is 12.1 Å². The number of hydrogen-bond donors (Lipinski definition) is 1. The predicted octanol–water partition coefficient (Wildman–Crippen LogP) is 3.19. The molecule has 0 aliphatic carbocycles. The molecule has 2 aromatic carbocycles. The van der Waals surface area contributed by atoms with E-state index in [1.54, 1.807) is 18.2 Å². The summed E-state index contributed by atoms with van der Waals surface area (Å²) >= 11 is 0. The summed E-state index contributed by atoms with van der Waals surface area (Å²) in [5.74, 6) is -1.47. The largest absolute Gasteiger partial charge is 0.478 e. The Morgan fingerprint density at radius 2 is 1.85 bits per heavy atom. The number of aromatic carboxylic acids is 1. The van der Waals surface area contributed by atoms with Crippen molar-refractivity contribution in [3.63, 3.8) is 0 Å². The Bertz CT molecular complexity index is 662. The second kappa shape index (κ2) is 5.85. The molecular weight excluding hydrogens is 259 g/mol. The third kappa shape index (κ3) is 2.75. The molecule has 0 aliphatic heterocycles. The third-order valence-corrected chi connectivity index (χ3v) is 2.79. The molecule has 5 heteroatoms. The first-order valence-corrected chi connectivity index (χ1v) is 5.86. The van der Waals surface area contributed by atoms with Gasteiger partial charge in [-0.2, -0.15) is 5.26 Å². The maximum absolute atomic E-state index is 13.0. The van der Waals surface area contributed by atoms with Crippen molar-refractivity contribution in [1.29, 1.82) is 5.26 Å². The van der Waals surface area contributed by atoms with E-state index in [0.29, 0.717) is 11.4 Å². The second-order valence-corrected chi connectivity index (χ2v) is 4.04. The zero-order valence-corrected chi connectivity index (χ0v) is 10.5. The molecule has 2 rings (SSSR count). The summed E-state index contributed by atoms with van der Waals surface area (Å²) in [6, 6.07) is 13.9. The van der Waals surface area contributed by atoms with Crippen LogP contribution in [0.25, 0.3) is 0 Å². The fourth-order valence-electron chi connectivity index (χ4n) is 1.90. The van der Waals surface area contributed by atoms with Gasteiger partial charge in [-0.1, -0.05) is 12.1 Å². The molecule has 0 bridgehead atoms. The summed E-state index contributed by atoms with van der Waals surface area (Å²) in [5, 5.41) is 18.1. The summed E-state index contributed by atoms with van der Waals surface area (Å²) in [6.45, 7) is -0.0318. The molecule has 0 aliphatic rings. The van der Waals surface area contributed by atoms with Crippen LogP contribution in [0.1, 0.15) is 10.4 Å². The van der Waals surface area contributed by atoms with Crippen LogP contribution in [0, 0.1) is 17.1 Å². The van der Waals surface area contributed by atoms with Gasteiger partial charge < -0.3 is 10.0 Å². The molecular formula is C15H11FN2O2. The van der Waals surface area contributed by atoms with E-state index in [0.717, 1.165) is 0 Å². The van der Waals surface area contributed by atoms with Crippen LogP contribution in [0.4, 0.5) is 15.8 Å². The van der Waals surface area contributed by atoms with Crippen molar-refractivity contribution in [1.82, 2.24) is 0 Å². The predicted molar refractivity (Wildman–Crippen MR) is 72.4 cm³/mol. The highest BCUT2D eigenvalue weighted by Gasteiger charge is 2.16. The Balaban J connectivity index is 2.52. The van der Waals surface area contributed by atoms with E-state index in [1.807, 2.05) is 6.07 Å². The van der Waals surface area contributed by atoms with Gasteiger partial charge in [0.15, 0.2) is 0 Å². The molecule has 0 atom stereocenters. The second-order valence-electron chi connectivity index (χ2n) is 4.04. The van der Waals surface area contributed by atoms with Gasteiger partial charge in [0, 0.05) is 5.69 Å². The lowest BCUT2D eigenvalue weighted by molar-refractivity contribution is 0.0697. The number of nitriles is 1. The molecule has 0 unspecified atom stereocenters. The summed E-state index contributed by atoms with van der Waals surface area (Å²) in [5.41, 5.74) is 1.04. The van der Waals surface area contributed by atoms with Gasteiger partial charge in [-0.05, 0) is 36.4 Å². The highest BCUT2D eigenvalue weighted by molar-refractivity contribution is 5.95. The van der Waals surface area contributed by atoms with Crippen molar-refractivity contribution in [2.45, 2.75) is 0 Å². The van der Waals surface area contributed by atoms with Crippen molar-refractivity contribution < 1.29 is 14.3 Å². The van der Waals surface area contributed by atoms with Crippen molar-refractivity contribution in [3.8, 4) is 6.07 Å². The Morgan fingerprint density at radius 1 is 1.20 bits per heavy atom. The smallest absolute Gasteiger partial charge is 0.337 e. The van der Waals surface area contributed by atoms with Gasteiger partial charge in [0.2, 0.25) is 0 Å². The molecule has 2 aromatic rings. The first-order valence-electron chi connectivity index (χ1n) is 5.86. The molecule has 100 valence electrons. The van der Waals surface area contributed by atoms with Crippen molar-refractivity contribution in [2.75, 3.05) is 11.4 Å². The van der Waals surface area contributed by atoms with Crippen LogP contribution in [0.5, 0.6) is 0 Å². The van der Waals surface area contributed by atoms with Gasteiger partial charge in [-0.3, -0.25) is 0 Å². The van der Waals surface area contributed by atoms with Gasteiger partial charge in [0.05, 0.1) is 17.3 Å². The number of benzene rings is 2. The summed E-state index contributed by atoms with van der Waals surface area (Å²) < 4.78 is 13.0. The van der Waals surface area contributed by atoms with Crippen LogP contribution in [0.2, 0.25) is 0 Å². The quantitative estimate of drug-likeness (QED) is 0.866. The number of para-hydroxylation sites is 1. The Kier molecular flexibility index (Phi) is 3.96. The van der Waals surface area contributed by atoms with Crippen LogP contribution in [0.15, 0.2) is 48.5 Å². The summed E-state index contributed by atoms with van der Waals surface area (Å²) in [4.78, 5) is 12.8. The number of carbonyl (C=O) groups is 1. The van der Waals surface area contributed by atoms with Crippen molar-refractivity contribution in [2.24, 2.45) is 0 Å². The lowest BCUT2D eigenvalue weighted by atomic mass is 10.1. The van der Waals surface area contributed by atoms with Crippen LogP contribution in [-0.2, 0) is 0 Å². The zero-order chi connectivity index (χ0) is 14.5. The molecule has 0 aromatic heterocycles. The summed E-state index contributed by atoms with van der Waals surface area (Å²) in [6.07, 6.45) is 0. The average molecular weight is 270 g/mol. The number of anilines is 2. The minimum atomic E-state index is -1.08. The first kappa shape index (κ1) is 13.6. The van der Waals surface area contributed by atoms with E-state index < -0.39 is 11.8 Å². The lowest BCUT2D eigenvalue weighted by Crippen LogP contribution is -2.20. The Hall–Kier alpha value is -2.87. The highest BCUT2D eigenvalue weighted by Crippen LogP contribution is 2.28. The average Bonchev–Trinajstić information content (AvgIpc) is 2.46. The number of nitrogens with zero attached hydrogens (tertiary/aromatic N) is 2. The van der Waals surface area contributed by atoms with E-state index in [1.165, 1.54) is 35.2 Å². The molecule has 0 spiro atoms. The SMILES string of the molecule is N#CCN(c1ccc(F)cc1)c1ccccc1C(=O)O. The van der Waals surface area contributed by atoms with Gasteiger partial charge in [0.1, 0.15) is 12.4 Å².